The summed E-state index contributed by atoms with van der Waals surface area (Å²) in [6.07, 6.45) is 0.320. The van der Waals surface area contributed by atoms with Gasteiger partial charge in [0.25, 0.3) is 0 Å². The number of nitrogens with zero attached hydrogens (tertiary/aromatic N) is 5. The second-order valence-corrected chi connectivity index (χ2v) is 9.68. The van der Waals surface area contributed by atoms with E-state index in [1.807, 2.05) is 44.2 Å². The van der Waals surface area contributed by atoms with E-state index in [0.29, 0.717) is 46.7 Å². The van der Waals surface area contributed by atoms with E-state index >= 15 is 0 Å². The van der Waals surface area contributed by atoms with Crippen molar-refractivity contribution in [1.29, 1.82) is 5.26 Å². The van der Waals surface area contributed by atoms with Crippen LogP contribution >= 0.6 is 11.8 Å². The van der Waals surface area contributed by atoms with E-state index in [1.165, 1.54) is 11.8 Å². The van der Waals surface area contributed by atoms with Gasteiger partial charge in [-0.25, -0.2) is 0 Å². The Morgan fingerprint density at radius 3 is 2.65 bits per heavy atom. The van der Waals surface area contributed by atoms with Crippen LogP contribution in [0.3, 0.4) is 0 Å². The summed E-state index contributed by atoms with van der Waals surface area (Å²) < 4.78 is 6.46. The molecule has 1 amide bonds. The van der Waals surface area contributed by atoms with E-state index in [4.69, 9.17) is 9.72 Å². The maximum atomic E-state index is 13.4. The fourth-order valence-corrected chi connectivity index (χ4v) is 4.45. The highest BCUT2D eigenvalue weighted by Gasteiger charge is 2.35. The lowest BCUT2D eigenvalue weighted by Gasteiger charge is -2.31. The van der Waals surface area contributed by atoms with E-state index in [1.54, 1.807) is 17.0 Å². The summed E-state index contributed by atoms with van der Waals surface area (Å²) >= 11 is 1.53. The number of ether oxygens (including phenoxy) is 1. The quantitative estimate of drug-likeness (QED) is 0.425. The van der Waals surface area contributed by atoms with Crippen LogP contribution in [0.1, 0.15) is 56.5 Å². The highest BCUT2D eigenvalue weighted by molar-refractivity contribution is 7.99. The summed E-state index contributed by atoms with van der Waals surface area (Å²) in [5.41, 5.74) is 4.30. The van der Waals surface area contributed by atoms with Crippen molar-refractivity contribution in [3.8, 4) is 23.2 Å². The SMILES string of the molecule is CCCC(=O)N1c2ccc(C)cc2-c2nnc(SCC(C)C)nc2O[C@@H]1c1ccc(C#N)cc1. The second-order valence-electron chi connectivity index (χ2n) is 8.69. The van der Waals surface area contributed by atoms with Gasteiger partial charge in [0, 0.05) is 23.3 Å². The minimum Gasteiger partial charge on any atom is -0.447 e. The molecular weight excluding hydrogens is 446 g/mol. The number of carbonyl (C=O) groups excluding carboxylic acids is 1. The van der Waals surface area contributed by atoms with Crippen LogP contribution in [-0.2, 0) is 4.79 Å². The standard InChI is InChI=1S/C26H27N5O2S/c1-5-6-22(32)31-21-12-7-17(4)13-20(21)23-24(28-26(30-29-23)34-15-16(2)3)33-25(31)19-10-8-18(14-27)9-11-19/h7-13,16,25H,5-6,15H2,1-4H3/t25-/m1/s1. The van der Waals surface area contributed by atoms with E-state index in [-0.39, 0.29) is 5.91 Å². The van der Waals surface area contributed by atoms with Gasteiger partial charge in [-0.1, -0.05) is 56.3 Å². The third kappa shape index (κ3) is 4.90. The van der Waals surface area contributed by atoms with Crippen molar-refractivity contribution in [3.05, 3.63) is 59.2 Å². The van der Waals surface area contributed by atoms with E-state index in [2.05, 4.69) is 30.1 Å². The van der Waals surface area contributed by atoms with Gasteiger partial charge in [0.1, 0.15) is 0 Å². The van der Waals surface area contributed by atoms with Crippen LogP contribution in [0.2, 0.25) is 0 Å². The number of fused-ring (bicyclic) bond motifs is 3. The normalized spacial score (nSPS) is 14.6. The molecule has 0 fully saturated rings. The number of aromatic nitrogens is 3. The molecule has 174 valence electrons. The van der Waals surface area contributed by atoms with Gasteiger partial charge in [-0.15, -0.1) is 10.2 Å². The van der Waals surface area contributed by atoms with Crippen molar-refractivity contribution in [1.82, 2.24) is 15.2 Å². The minimum atomic E-state index is -0.755. The predicted molar refractivity (Wildman–Crippen MR) is 132 cm³/mol. The minimum absolute atomic E-state index is 0.0582. The Balaban J connectivity index is 1.90. The largest absolute Gasteiger partial charge is 0.447 e. The van der Waals surface area contributed by atoms with Crippen molar-refractivity contribution in [2.75, 3.05) is 10.7 Å². The van der Waals surface area contributed by atoms with Crippen molar-refractivity contribution < 1.29 is 9.53 Å². The maximum absolute atomic E-state index is 13.4. The highest BCUT2D eigenvalue weighted by atomic mass is 32.2. The van der Waals surface area contributed by atoms with Gasteiger partial charge in [0.05, 0.1) is 17.3 Å². The van der Waals surface area contributed by atoms with Crippen molar-refractivity contribution in [3.63, 3.8) is 0 Å². The molecule has 1 aliphatic rings. The van der Waals surface area contributed by atoms with Gasteiger partial charge < -0.3 is 4.74 Å². The fraction of sp³-hybridized carbons (Fsp3) is 0.346. The number of amides is 1. The van der Waals surface area contributed by atoms with Gasteiger partial charge in [-0.2, -0.15) is 10.2 Å². The summed E-state index contributed by atoms with van der Waals surface area (Å²) in [4.78, 5) is 19.8. The van der Waals surface area contributed by atoms with E-state index in [0.717, 1.165) is 22.4 Å². The lowest BCUT2D eigenvalue weighted by atomic mass is 10.0. The molecule has 1 aliphatic heterocycles. The smallest absolute Gasteiger partial charge is 0.247 e. The van der Waals surface area contributed by atoms with Crippen LogP contribution in [0.15, 0.2) is 47.6 Å². The van der Waals surface area contributed by atoms with Crippen molar-refractivity contribution in [2.45, 2.75) is 51.9 Å². The lowest BCUT2D eigenvalue weighted by molar-refractivity contribution is -0.120. The summed E-state index contributed by atoms with van der Waals surface area (Å²) in [6.45, 7) is 8.24. The first kappa shape index (κ1) is 23.7. The molecule has 0 bridgehead atoms. The Morgan fingerprint density at radius 1 is 1.21 bits per heavy atom. The summed E-state index contributed by atoms with van der Waals surface area (Å²) in [7, 11) is 0. The van der Waals surface area contributed by atoms with Crippen LogP contribution in [-0.4, -0.2) is 26.8 Å². The number of anilines is 1. The summed E-state index contributed by atoms with van der Waals surface area (Å²) in [6, 6.07) is 15.1. The Labute approximate surface area is 204 Å². The molecule has 1 aromatic heterocycles. The first-order chi connectivity index (χ1) is 16.4. The van der Waals surface area contributed by atoms with Gasteiger partial charge in [0.15, 0.2) is 5.69 Å². The summed E-state index contributed by atoms with van der Waals surface area (Å²) in [5, 5.41) is 18.6. The predicted octanol–water partition coefficient (Wildman–Crippen LogP) is 5.69. The monoisotopic (exact) mass is 473 g/mol. The molecule has 0 aliphatic carbocycles. The molecule has 34 heavy (non-hydrogen) atoms. The average Bonchev–Trinajstić information content (AvgIpc) is 2.97. The van der Waals surface area contributed by atoms with E-state index < -0.39 is 6.23 Å². The molecule has 1 atom stereocenters. The first-order valence-electron chi connectivity index (χ1n) is 11.4. The summed E-state index contributed by atoms with van der Waals surface area (Å²) in [5.74, 6) is 1.62. The number of benzene rings is 2. The number of hydrogen-bond acceptors (Lipinski definition) is 7. The molecule has 7 nitrogen and oxygen atoms in total. The van der Waals surface area contributed by atoms with Gasteiger partial charge >= 0.3 is 0 Å². The van der Waals surface area contributed by atoms with Crippen molar-refractivity contribution in [2.24, 2.45) is 5.92 Å². The number of thioether (sulfide) groups is 1. The van der Waals surface area contributed by atoms with Crippen LogP contribution in [0.4, 0.5) is 5.69 Å². The lowest BCUT2D eigenvalue weighted by Crippen LogP contribution is -2.37. The Morgan fingerprint density at radius 2 is 1.97 bits per heavy atom. The topological polar surface area (TPSA) is 92.0 Å². The second kappa shape index (κ2) is 10.2. The Bertz CT molecular complexity index is 1240. The molecular formula is C26H27N5O2S. The molecule has 0 unspecified atom stereocenters. The molecule has 2 heterocycles. The fourth-order valence-electron chi connectivity index (χ4n) is 3.72. The van der Waals surface area contributed by atoms with Crippen LogP contribution in [0.5, 0.6) is 5.88 Å². The molecule has 3 aromatic rings. The third-order valence-electron chi connectivity index (χ3n) is 5.36. The number of nitriles is 1. The molecule has 0 spiro atoms. The highest BCUT2D eigenvalue weighted by Crippen LogP contribution is 2.44. The molecule has 2 aromatic carbocycles. The van der Waals surface area contributed by atoms with Crippen LogP contribution < -0.4 is 9.64 Å². The molecule has 0 saturated heterocycles. The Kier molecular flexibility index (Phi) is 7.13. The number of rotatable bonds is 6. The van der Waals surface area contributed by atoms with Crippen LogP contribution in [0, 0.1) is 24.2 Å². The zero-order chi connectivity index (χ0) is 24.2. The molecule has 8 heteroatoms. The van der Waals surface area contributed by atoms with Gasteiger partial charge in [-0.3, -0.25) is 9.69 Å². The molecule has 0 N–H and O–H groups in total. The van der Waals surface area contributed by atoms with Crippen molar-refractivity contribution >= 4 is 23.4 Å². The van der Waals surface area contributed by atoms with Gasteiger partial charge in [-0.05, 0) is 43.5 Å². The zero-order valence-electron chi connectivity index (χ0n) is 19.8. The zero-order valence-corrected chi connectivity index (χ0v) is 20.6. The number of carbonyl (C=O) groups is 1. The molecule has 0 saturated carbocycles. The molecule has 0 radical (unpaired) electrons. The Hall–Kier alpha value is -3.44. The molecule has 4 rings (SSSR count). The third-order valence-corrected chi connectivity index (χ3v) is 6.63. The maximum Gasteiger partial charge on any atom is 0.247 e. The number of aryl methyl sites for hydroxylation is 1. The van der Waals surface area contributed by atoms with E-state index in [9.17, 15) is 10.1 Å². The number of hydrogen-bond donors (Lipinski definition) is 0. The van der Waals surface area contributed by atoms with Gasteiger partial charge in [0.2, 0.25) is 23.2 Å². The first-order valence-corrected chi connectivity index (χ1v) is 12.4. The van der Waals surface area contributed by atoms with Crippen LogP contribution in [0.25, 0.3) is 11.3 Å². The average molecular weight is 474 g/mol.